The predicted molar refractivity (Wildman–Crippen MR) is 78.6 cm³/mol. The first-order valence-electron chi connectivity index (χ1n) is 6.35. The molecule has 2 aromatic rings. The van der Waals surface area contributed by atoms with E-state index in [0.717, 1.165) is 0 Å². The Balaban J connectivity index is 2.79. The smallest absolute Gasteiger partial charge is 0.341 e. The van der Waals surface area contributed by atoms with Crippen molar-refractivity contribution in [2.24, 2.45) is 5.84 Å². The van der Waals surface area contributed by atoms with Crippen LogP contribution in [-0.4, -0.2) is 31.8 Å². The van der Waals surface area contributed by atoms with E-state index in [2.05, 4.69) is 10.4 Å². The summed E-state index contributed by atoms with van der Waals surface area (Å²) < 4.78 is 15.6. The third-order valence-electron chi connectivity index (χ3n) is 3.02. The van der Waals surface area contributed by atoms with Gasteiger partial charge in [0.1, 0.15) is 22.6 Å². The van der Waals surface area contributed by atoms with Crippen molar-refractivity contribution < 1.29 is 19.0 Å². The fourth-order valence-electron chi connectivity index (χ4n) is 2.10. The predicted octanol–water partition coefficient (Wildman–Crippen LogP) is 1.71. The molecule has 0 atom stereocenters. The molecule has 0 amide bonds. The van der Waals surface area contributed by atoms with Gasteiger partial charge < -0.3 is 19.6 Å². The number of hydrogen-bond donors (Lipinski definition) is 2. The number of hydrogen-bond acceptors (Lipinski definition) is 7. The first-order chi connectivity index (χ1) is 10.2. The van der Waals surface area contributed by atoms with E-state index in [0.29, 0.717) is 28.1 Å². The van der Waals surface area contributed by atoms with Crippen LogP contribution in [0.3, 0.4) is 0 Å². The van der Waals surface area contributed by atoms with Gasteiger partial charge in [0.2, 0.25) is 0 Å². The normalized spacial score (nSPS) is 10.3. The zero-order valence-corrected chi connectivity index (χ0v) is 12.1. The molecule has 7 nitrogen and oxygen atoms in total. The molecule has 112 valence electrons. The fourth-order valence-corrected chi connectivity index (χ4v) is 2.10. The summed E-state index contributed by atoms with van der Waals surface area (Å²) in [5.41, 5.74) is 3.69. The van der Waals surface area contributed by atoms with E-state index >= 15 is 0 Å². The van der Waals surface area contributed by atoms with Crippen LogP contribution < -0.4 is 20.7 Å². The SMILES string of the molecule is CCOC(=O)c1cnc2c(OC)ccc(OC)c2c1NN. The third kappa shape index (κ3) is 2.55. The van der Waals surface area contributed by atoms with Crippen LogP contribution in [0.2, 0.25) is 0 Å². The molecule has 1 aromatic carbocycles. The topological polar surface area (TPSA) is 95.7 Å². The van der Waals surface area contributed by atoms with Crippen LogP contribution in [0.4, 0.5) is 5.69 Å². The quantitative estimate of drug-likeness (QED) is 0.492. The van der Waals surface area contributed by atoms with Gasteiger partial charge in [0.25, 0.3) is 0 Å². The number of fused-ring (bicyclic) bond motifs is 1. The van der Waals surface area contributed by atoms with E-state index in [-0.39, 0.29) is 12.2 Å². The van der Waals surface area contributed by atoms with Gasteiger partial charge in [-0.15, -0.1) is 0 Å². The summed E-state index contributed by atoms with van der Waals surface area (Å²) in [4.78, 5) is 16.3. The van der Waals surface area contributed by atoms with Crippen molar-refractivity contribution in [2.45, 2.75) is 6.92 Å². The first-order valence-corrected chi connectivity index (χ1v) is 6.35. The average molecular weight is 291 g/mol. The van der Waals surface area contributed by atoms with Gasteiger partial charge in [-0.05, 0) is 19.1 Å². The van der Waals surface area contributed by atoms with Crippen molar-refractivity contribution in [3.05, 3.63) is 23.9 Å². The van der Waals surface area contributed by atoms with Gasteiger partial charge >= 0.3 is 5.97 Å². The molecule has 2 rings (SSSR count). The Morgan fingerprint density at radius 3 is 2.52 bits per heavy atom. The third-order valence-corrected chi connectivity index (χ3v) is 3.02. The highest BCUT2D eigenvalue weighted by atomic mass is 16.5. The molecule has 0 aliphatic rings. The minimum Gasteiger partial charge on any atom is -0.496 e. The minimum atomic E-state index is -0.510. The number of anilines is 1. The number of aromatic nitrogens is 1. The molecule has 0 aliphatic carbocycles. The molecule has 21 heavy (non-hydrogen) atoms. The molecule has 1 aromatic heterocycles. The number of methoxy groups -OCH3 is 2. The van der Waals surface area contributed by atoms with Crippen LogP contribution in [-0.2, 0) is 4.74 Å². The Hall–Kier alpha value is -2.54. The largest absolute Gasteiger partial charge is 0.496 e. The molecule has 0 aliphatic heterocycles. The van der Waals surface area contributed by atoms with Crippen LogP contribution in [0.1, 0.15) is 17.3 Å². The highest BCUT2D eigenvalue weighted by Crippen LogP contribution is 2.38. The number of rotatable bonds is 5. The number of hydrazine groups is 1. The second-order valence-corrected chi connectivity index (χ2v) is 4.11. The maximum Gasteiger partial charge on any atom is 0.341 e. The Bertz CT molecular complexity index is 673. The fraction of sp³-hybridized carbons (Fsp3) is 0.286. The Labute approximate surface area is 122 Å². The van der Waals surface area contributed by atoms with Gasteiger partial charge in [0.15, 0.2) is 0 Å². The Morgan fingerprint density at radius 2 is 1.95 bits per heavy atom. The van der Waals surface area contributed by atoms with Crippen LogP contribution in [0, 0.1) is 0 Å². The summed E-state index contributed by atoms with van der Waals surface area (Å²) in [5.74, 6) is 6.15. The van der Waals surface area contributed by atoms with Crippen molar-refractivity contribution in [2.75, 3.05) is 26.3 Å². The maximum atomic E-state index is 12.0. The highest BCUT2D eigenvalue weighted by Gasteiger charge is 2.20. The minimum absolute atomic E-state index is 0.235. The second kappa shape index (κ2) is 6.27. The molecule has 7 heteroatoms. The number of carbonyl (C=O) groups is 1. The maximum absolute atomic E-state index is 12.0. The zero-order valence-electron chi connectivity index (χ0n) is 12.1. The summed E-state index contributed by atoms with van der Waals surface area (Å²) in [7, 11) is 3.07. The molecule has 0 radical (unpaired) electrons. The van der Waals surface area contributed by atoms with Gasteiger partial charge in [0.05, 0.1) is 31.9 Å². The number of nitrogens with two attached hydrogens (primary N) is 1. The molecule has 0 saturated carbocycles. The lowest BCUT2D eigenvalue weighted by atomic mass is 10.1. The van der Waals surface area contributed by atoms with E-state index in [1.54, 1.807) is 19.1 Å². The molecule has 0 fully saturated rings. The van der Waals surface area contributed by atoms with E-state index in [1.165, 1.54) is 20.4 Å². The molecule has 0 saturated heterocycles. The van der Waals surface area contributed by atoms with Crippen LogP contribution in [0.5, 0.6) is 11.5 Å². The molecule has 0 unspecified atom stereocenters. The number of ether oxygens (including phenoxy) is 3. The lowest BCUT2D eigenvalue weighted by Gasteiger charge is -2.15. The summed E-state index contributed by atoms with van der Waals surface area (Å²) in [6, 6.07) is 3.46. The van der Waals surface area contributed by atoms with Crippen LogP contribution in [0.15, 0.2) is 18.3 Å². The van der Waals surface area contributed by atoms with Gasteiger partial charge in [-0.2, -0.15) is 0 Å². The van der Waals surface area contributed by atoms with Gasteiger partial charge in [0, 0.05) is 6.20 Å². The Kier molecular flexibility index (Phi) is 4.44. The number of carbonyl (C=O) groups excluding carboxylic acids is 1. The van der Waals surface area contributed by atoms with Gasteiger partial charge in [-0.1, -0.05) is 0 Å². The van der Waals surface area contributed by atoms with E-state index in [9.17, 15) is 4.79 Å². The molecule has 3 N–H and O–H groups in total. The molecule has 0 spiro atoms. The summed E-state index contributed by atoms with van der Waals surface area (Å²) in [5, 5.41) is 0.560. The monoisotopic (exact) mass is 291 g/mol. The van der Waals surface area contributed by atoms with Gasteiger partial charge in [-0.3, -0.25) is 10.8 Å². The van der Waals surface area contributed by atoms with E-state index in [4.69, 9.17) is 20.1 Å². The summed E-state index contributed by atoms with van der Waals surface area (Å²) >= 11 is 0. The number of nitrogens with zero attached hydrogens (tertiary/aromatic N) is 1. The number of nitrogen functional groups attached to an aromatic ring is 1. The second-order valence-electron chi connectivity index (χ2n) is 4.11. The average Bonchev–Trinajstić information content (AvgIpc) is 2.52. The molecule has 1 heterocycles. The highest BCUT2D eigenvalue weighted by molar-refractivity contribution is 6.08. The first kappa shape index (κ1) is 14.9. The number of pyridine rings is 1. The van der Waals surface area contributed by atoms with Crippen molar-refractivity contribution in [3.8, 4) is 11.5 Å². The van der Waals surface area contributed by atoms with Gasteiger partial charge in [-0.25, -0.2) is 4.79 Å². The lowest BCUT2D eigenvalue weighted by Crippen LogP contribution is -2.15. The zero-order chi connectivity index (χ0) is 15.4. The molecule has 0 bridgehead atoms. The van der Waals surface area contributed by atoms with Crippen molar-refractivity contribution in [1.82, 2.24) is 4.98 Å². The van der Waals surface area contributed by atoms with E-state index < -0.39 is 5.97 Å². The van der Waals surface area contributed by atoms with Crippen molar-refractivity contribution in [1.29, 1.82) is 0 Å². The van der Waals surface area contributed by atoms with Crippen LogP contribution >= 0.6 is 0 Å². The Morgan fingerprint density at radius 1 is 1.29 bits per heavy atom. The lowest BCUT2D eigenvalue weighted by molar-refractivity contribution is 0.0527. The molecular formula is C14H17N3O4. The number of benzene rings is 1. The van der Waals surface area contributed by atoms with Crippen molar-refractivity contribution in [3.63, 3.8) is 0 Å². The van der Waals surface area contributed by atoms with Crippen molar-refractivity contribution >= 4 is 22.6 Å². The van der Waals surface area contributed by atoms with E-state index in [1.807, 2.05) is 0 Å². The number of nitrogens with one attached hydrogen (secondary N) is 1. The molecular weight excluding hydrogens is 274 g/mol. The standard InChI is InChI=1S/C14H17N3O4/c1-4-21-14(18)8-7-16-13-10(20-3)6-5-9(19-2)11(13)12(8)17-15/h5-7H,4,15H2,1-3H3,(H,16,17). The number of esters is 1. The summed E-state index contributed by atoms with van der Waals surface area (Å²) in [6.07, 6.45) is 1.40. The summed E-state index contributed by atoms with van der Waals surface area (Å²) in [6.45, 7) is 1.99. The van der Waals surface area contributed by atoms with Crippen LogP contribution in [0.25, 0.3) is 10.9 Å².